The van der Waals surface area contributed by atoms with E-state index in [4.69, 9.17) is 11.6 Å². The lowest BCUT2D eigenvalue weighted by atomic mass is 10.0. The van der Waals surface area contributed by atoms with E-state index in [1.165, 1.54) is 0 Å². The van der Waals surface area contributed by atoms with Crippen LogP contribution in [0.4, 0.5) is 0 Å². The zero-order chi connectivity index (χ0) is 12.4. The molecule has 1 aromatic heterocycles. The molecular formula is C11H12ClIN4. The van der Waals surface area contributed by atoms with Crippen LogP contribution in [0.3, 0.4) is 0 Å². The lowest BCUT2D eigenvalue weighted by molar-refractivity contribution is 0.596. The van der Waals surface area contributed by atoms with Gasteiger partial charge in [-0.2, -0.15) is 0 Å². The zero-order valence-electron chi connectivity index (χ0n) is 9.48. The third-order valence-electron chi connectivity index (χ3n) is 2.60. The van der Waals surface area contributed by atoms with Crippen LogP contribution in [0.1, 0.15) is 17.3 Å². The number of aryl methyl sites for hydroxylation is 1. The largest absolute Gasteiger partial charge is 0.308 e. The second-order valence-corrected chi connectivity index (χ2v) is 5.27. The quantitative estimate of drug-likeness (QED) is 0.853. The van der Waals surface area contributed by atoms with Crippen molar-refractivity contribution in [1.29, 1.82) is 0 Å². The third kappa shape index (κ3) is 2.61. The van der Waals surface area contributed by atoms with Crippen LogP contribution < -0.4 is 5.32 Å². The molecule has 1 N–H and O–H groups in total. The van der Waals surface area contributed by atoms with E-state index >= 15 is 0 Å². The molecule has 0 saturated heterocycles. The summed E-state index contributed by atoms with van der Waals surface area (Å²) in [6, 6.07) is 5.91. The van der Waals surface area contributed by atoms with E-state index in [0.717, 1.165) is 19.9 Å². The summed E-state index contributed by atoms with van der Waals surface area (Å²) in [5.41, 5.74) is 2.14. The van der Waals surface area contributed by atoms with Crippen LogP contribution in [0.15, 0.2) is 24.4 Å². The van der Waals surface area contributed by atoms with Gasteiger partial charge in [0.2, 0.25) is 0 Å². The van der Waals surface area contributed by atoms with Gasteiger partial charge < -0.3 is 5.32 Å². The third-order valence-corrected chi connectivity index (χ3v) is 3.82. The van der Waals surface area contributed by atoms with Crippen molar-refractivity contribution in [1.82, 2.24) is 20.3 Å². The summed E-state index contributed by atoms with van der Waals surface area (Å²) in [5.74, 6) is 0. The fourth-order valence-corrected chi connectivity index (χ4v) is 2.58. The highest BCUT2D eigenvalue weighted by Gasteiger charge is 2.18. The number of nitrogens with zero attached hydrogens (tertiary/aromatic N) is 3. The molecule has 0 bridgehead atoms. The summed E-state index contributed by atoms with van der Waals surface area (Å²) in [5, 5.41) is 11.9. The average Bonchev–Trinajstić information content (AvgIpc) is 2.71. The van der Waals surface area contributed by atoms with Gasteiger partial charge in [-0.05, 0) is 53.4 Å². The highest BCUT2D eigenvalue weighted by molar-refractivity contribution is 14.1. The Morgan fingerprint density at radius 1 is 1.47 bits per heavy atom. The number of hydrogen-bond acceptors (Lipinski definition) is 3. The van der Waals surface area contributed by atoms with Crippen LogP contribution in [-0.4, -0.2) is 22.0 Å². The predicted octanol–water partition coefficient (Wildman–Crippen LogP) is 2.38. The highest BCUT2D eigenvalue weighted by Crippen LogP contribution is 2.27. The number of hydrogen-bond donors (Lipinski definition) is 1. The molecule has 1 heterocycles. The fourth-order valence-electron chi connectivity index (χ4n) is 1.76. The Morgan fingerprint density at radius 3 is 2.82 bits per heavy atom. The predicted molar refractivity (Wildman–Crippen MR) is 76.1 cm³/mol. The molecule has 2 aromatic rings. The van der Waals surface area contributed by atoms with Crippen molar-refractivity contribution < 1.29 is 0 Å². The van der Waals surface area contributed by atoms with Gasteiger partial charge in [-0.25, -0.2) is 0 Å². The number of nitrogens with one attached hydrogen (secondary N) is 1. The Kier molecular flexibility index (Phi) is 4.01. The number of halogens is 2. The minimum Gasteiger partial charge on any atom is -0.308 e. The fraction of sp³-hybridized carbons (Fsp3) is 0.273. The van der Waals surface area contributed by atoms with Crippen LogP contribution >= 0.6 is 34.2 Å². The van der Waals surface area contributed by atoms with Crippen molar-refractivity contribution in [3.63, 3.8) is 0 Å². The smallest absolute Gasteiger partial charge is 0.0798 e. The van der Waals surface area contributed by atoms with Gasteiger partial charge in [-0.1, -0.05) is 16.8 Å². The average molecular weight is 363 g/mol. The van der Waals surface area contributed by atoms with Crippen LogP contribution in [-0.2, 0) is 7.05 Å². The summed E-state index contributed by atoms with van der Waals surface area (Å²) in [6.07, 6.45) is 1.76. The molecule has 0 spiro atoms. The first kappa shape index (κ1) is 12.8. The van der Waals surface area contributed by atoms with E-state index in [0.29, 0.717) is 0 Å². The van der Waals surface area contributed by atoms with Crippen LogP contribution in [0.5, 0.6) is 0 Å². The normalized spacial score (nSPS) is 12.7. The molecule has 0 saturated carbocycles. The molecule has 90 valence electrons. The summed E-state index contributed by atoms with van der Waals surface area (Å²) in [6.45, 7) is 0. The number of aromatic nitrogens is 3. The molecule has 0 radical (unpaired) electrons. The minimum absolute atomic E-state index is 0.0422. The van der Waals surface area contributed by atoms with Crippen molar-refractivity contribution >= 4 is 34.2 Å². The Morgan fingerprint density at radius 2 is 2.24 bits per heavy atom. The first-order chi connectivity index (χ1) is 8.13. The van der Waals surface area contributed by atoms with Crippen molar-refractivity contribution in [3.8, 4) is 0 Å². The minimum atomic E-state index is 0.0422. The summed E-state index contributed by atoms with van der Waals surface area (Å²) in [4.78, 5) is 0. The molecule has 2 rings (SSSR count). The van der Waals surface area contributed by atoms with Gasteiger partial charge in [0, 0.05) is 15.6 Å². The molecule has 17 heavy (non-hydrogen) atoms. The van der Waals surface area contributed by atoms with Crippen molar-refractivity contribution in [2.45, 2.75) is 6.04 Å². The van der Waals surface area contributed by atoms with Gasteiger partial charge in [0.15, 0.2) is 0 Å². The van der Waals surface area contributed by atoms with Gasteiger partial charge in [-0.15, -0.1) is 5.10 Å². The van der Waals surface area contributed by atoms with E-state index in [-0.39, 0.29) is 6.04 Å². The molecule has 1 unspecified atom stereocenters. The van der Waals surface area contributed by atoms with Gasteiger partial charge in [-0.3, -0.25) is 4.68 Å². The Bertz CT molecular complexity index is 526. The Balaban J connectivity index is 2.49. The molecule has 1 aromatic carbocycles. The number of rotatable bonds is 3. The Hall–Kier alpha value is -0.660. The van der Waals surface area contributed by atoms with Gasteiger partial charge >= 0.3 is 0 Å². The van der Waals surface area contributed by atoms with Crippen molar-refractivity contribution in [3.05, 3.63) is 44.2 Å². The second kappa shape index (κ2) is 5.32. The maximum absolute atomic E-state index is 6.05. The maximum Gasteiger partial charge on any atom is 0.0798 e. The van der Waals surface area contributed by atoms with Crippen LogP contribution in [0.25, 0.3) is 0 Å². The molecule has 1 atom stereocenters. The second-order valence-electron chi connectivity index (χ2n) is 3.67. The van der Waals surface area contributed by atoms with E-state index < -0.39 is 0 Å². The van der Waals surface area contributed by atoms with Gasteiger partial charge in [0.25, 0.3) is 0 Å². The van der Waals surface area contributed by atoms with Crippen LogP contribution in [0.2, 0.25) is 5.02 Å². The molecule has 6 heteroatoms. The van der Waals surface area contributed by atoms with E-state index in [2.05, 4.69) is 38.2 Å². The topological polar surface area (TPSA) is 42.7 Å². The summed E-state index contributed by atoms with van der Waals surface area (Å²) in [7, 11) is 3.79. The summed E-state index contributed by atoms with van der Waals surface area (Å²) < 4.78 is 2.92. The van der Waals surface area contributed by atoms with E-state index in [1.807, 2.05) is 32.3 Å². The van der Waals surface area contributed by atoms with Crippen molar-refractivity contribution in [2.75, 3.05) is 7.05 Å². The van der Waals surface area contributed by atoms with Crippen molar-refractivity contribution in [2.24, 2.45) is 7.05 Å². The zero-order valence-corrected chi connectivity index (χ0v) is 12.4. The lowest BCUT2D eigenvalue weighted by Crippen LogP contribution is -2.21. The van der Waals surface area contributed by atoms with Crippen LogP contribution in [0, 0.1) is 3.57 Å². The monoisotopic (exact) mass is 362 g/mol. The standard InChI is InChI=1S/C11H12ClIN4/c1-14-11(10-6-15-16-17(10)2)8-5-7(12)3-4-9(8)13/h3-6,11,14H,1-2H3. The van der Waals surface area contributed by atoms with E-state index in [1.54, 1.807) is 10.9 Å². The molecule has 4 nitrogen and oxygen atoms in total. The highest BCUT2D eigenvalue weighted by atomic mass is 127. The first-order valence-electron chi connectivity index (χ1n) is 5.10. The maximum atomic E-state index is 6.05. The van der Waals surface area contributed by atoms with Gasteiger partial charge in [0.05, 0.1) is 17.9 Å². The van der Waals surface area contributed by atoms with Gasteiger partial charge in [0.1, 0.15) is 0 Å². The lowest BCUT2D eigenvalue weighted by Gasteiger charge is -2.18. The molecule has 0 aliphatic rings. The molecule has 0 aliphatic carbocycles. The Labute approximate surface area is 118 Å². The number of benzene rings is 1. The van der Waals surface area contributed by atoms with E-state index in [9.17, 15) is 0 Å². The molecular weight excluding hydrogens is 351 g/mol. The summed E-state index contributed by atoms with van der Waals surface area (Å²) >= 11 is 8.35. The molecule has 0 amide bonds. The SMILES string of the molecule is CNC(c1cc(Cl)ccc1I)c1cnnn1C. The molecule has 0 aliphatic heterocycles. The molecule has 0 fully saturated rings. The first-order valence-corrected chi connectivity index (χ1v) is 6.56.